The van der Waals surface area contributed by atoms with Crippen molar-refractivity contribution in [3.63, 3.8) is 0 Å². The van der Waals surface area contributed by atoms with E-state index in [4.69, 9.17) is 0 Å². The molecule has 0 spiro atoms. The first-order valence-corrected chi connectivity index (χ1v) is 10.3. The van der Waals surface area contributed by atoms with Crippen molar-refractivity contribution in [2.24, 2.45) is 0 Å². The smallest absolute Gasteiger partial charge is 0.296 e. The van der Waals surface area contributed by atoms with Crippen molar-refractivity contribution < 1.29 is 19.6 Å². The number of amides is 1. The first-order chi connectivity index (χ1) is 14.0. The number of nitro groups is 1. The minimum absolute atomic E-state index is 0.0606. The highest BCUT2D eigenvalue weighted by Gasteiger charge is 2.46. The molecule has 2 aromatic heterocycles. The molecule has 1 saturated heterocycles. The zero-order valence-corrected chi connectivity index (χ0v) is 16.5. The number of likely N-dealkylation sites (tertiary alicyclic amines) is 1. The van der Waals surface area contributed by atoms with E-state index in [0.717, 1.165) is 9.75 Å². The Labute approximate surface area is 173 Å². The predicted molar refractivity (Wildman–Crippen MR) is 110 cm³/mol. The Bertz CT molecular complexity index is 1120. The van der Waals surface area contributed by atoms with Gasteiger partial charge in [0, 0.05) is 27.5 Å². The number of Topliss-reactive ketones (excluding diaryl/α,β-unsaturated/α-hetero) is 1. The molecule has 1 unspecified atom stereocenters. The van der Waals surface area contributed by atoms with Gasteiger partial charge in [0.25, 0.3) is 17.4 Å². The lowest BCUT2D eigenvalue weighted by molar-refractivity contribution is -0.384. The fraction of sp³-hybridized carbons (Fsp3) is 0.100. The van der Waals surface area contributed by atoms with Crippen molar-refractivity contribution in [2.75, 3.05) is 0 Å². The van der Waals surface area contributed by atoms with Gasteiger partial charge in [-0.1, -0.05) is 24.3 Å². The first-order valence-electron chi connectivity index (χ1n) is 8.56. The van der Waals surface area contributed by atoms with Gasteiger partial charge in [0.1, 0.15) is 11.8 Å². The summed E-state index contributed by atoms with van der Waals surface area (Å²) in [5.74, 6) is -1.92. The molecule has 0 aliphatic carbocycles. The van der Waals surface area contributed by atoms with Crippen LogP contribution in [0.15, 0.2) is 64.9 Å². The van der Waals surface area contributed by atoms with Gasteiger partial charge in [-0.15, -0.1) is 22.7 Å². The fourth-order valence-corrected chi connectivity index (χ4v) is 4.83. The lowest BCUT2D eigenvalue weighted by Crippen LogP contribution is -2.28. The summed E-state index contributed by atoms with van der Waals surface area (Å²) < 4.78 is 0. The van der Waals surface area contributed by atoms with Crippen LogP contribution in [0.1, 0.15) is 21.4 Å². The molecule has 1 aliphatic heterocycles. The average Bonchev–Trinajstić information content (AvgIpc) is 3.46. The highest BCUT2D eigenvalue weighted by Crippen LogP contribution is 2.42. The maximum absolute atomic E-state index is 12.8. The molecule has 1 N–H and O–H groups in total. The highest BCUT2D eigenvalue weighted by molar-refractivity contribution is 7.10. The number of carbonyl (C=O) groups is 2. The predicted octanol–water partition coefficient (Wildman–Crippen LogP) is 4.34. The van der Waals surface area contributed by atoms with Gasteiger partial charge in [0.15, 0.2) is 0 Å². The second-order valence-electron chi connectivity index (χ2n) is 6.33. The lowest BCUT2D eigenvalue weighted by atomic mass is 9.99. The molecule has 1 amide bonds. The van der Waals surface area contributed by atoms with E-state index < -0.39 is 28.4 Å². The van der Waals surface area contributed by atoms with E-state index in [0.29, 0.717) is 0 Å². The van der Waals surface area contributed by atoms with Crippen molar-refractivity contribution in [3.8, 4) is 0 Å². The number of hydrogen-bond acceptors (Lipinski definition) is 7. The fourth-order valence-electron chi connectivity index (χ4n) is 3.28. The third kappa shape index (κ3) is 3.45. The Balaban J connectivity index is 1.85. The number of nitro benzene ring substituents is 1. The molecule has 7 nitrogen and oxygen atoms in total. The van der Waals surface area contributed by atoms with E-state index in [1.54, 1.807) is 12.1 Å². The summed E-state index contributed by atoms with van der Waals surface area (Å²) in [5, 5.41) is 25.7. The van der Waals surface area contributed by atoms with Gasteiger partial charge in [0.2, 0.25) is 0 Å². The summed E-state index contributed by atoms with van der Waals surface area (Å²) in [6.07, 6.45) is 0. The number of hydrogen-bond donors (Lipinski definition) is 1. The van der Waals surface area contributed by atoms with Crippen LogP contribution >= 0.6 is 22.7 Å². The highest BCUT2D eigenvalue weighted by atomic mass is 32.1. The molecule has 146 valence electrons. The summed E-state index contributed by atoms with van der Waals surface area (Å²) in [5.41, 5.74) is -0.154. The van der Waals surface area contributed by atoms with Gasteiger partial charge in [-0.3, -0.25) is 19.7 Å². The van der Waals surface area contributed by atoms with Crippen LogP contribution in [0.25, 0.3) is 5.76 Å². The molecule has 1 atom stereocenters. The number of rotatable bonds is 5. The zero-order chi connectivity index (χ0) is 20.5. The second kappa shape index (κ2) is 7.61. The van der Waals surface area contributed by atoms with Crippen LogP contribution in [-0.2, 0) is 16.1 Å². The maximum atomic E-state index is 12.8. The van der Waals surface area contributed by atoms with E-state index in [9.17, 15) is 24.8 Å². The Kier molecular flexibility index (Phi) is 4.99. The van der Waals surface area contributed by atoms with Crippen LogP contribution in [0, 0.1) is 10.1 Å². The monoisotopic (exact) mass is 426 g/mol. The molecule has 0 radical (unpaired) electrons. The molecule has 9 heteroatoms. The number of aliphatic hydroxyl groups is 1. The summed E-state index contributed by atoms with van der Waals surface area (Å²) >= 11 is 2.84. The molecule has 1 fully saturated rings. The van der Waals surface area contributed by atoms with Crippen molar-refractivity contribution in [1.82, 2.24) is 4.90 Å². The Morgan fingerprint density at radius 2 is 1.86 bits per heavy atom. The number of nitrogens with zero attached hydrogens (tertiary/aromatic N) is 2. The summed E-state index contributed by atoms with van der Waals surface area (Å²) in [7, 11) is 0. The molecule has 0 saturated carbocycles. The minimum Gasteiger partial charge on any atom is -0.507 e. The summed E-state index contributed by atoms with van der Waals surface area (Å²) in [6, 6.07) is 12.0. The largest absolute Gasteiger partial charge is 0.507 e. The van der Waals surface area contributed by atoms with Crippen LogP contribution in [0.3, 0.4) is 0 Å². The van der Waals surface area contributed by atoms with E-state index in [1.807, 2.05) is 22.9 Å². The third-order valence-electron chi connectivity index (χ3n) is 4.59. The van der Waals surface area contributed by atoms with E-state index >= 15 is 0 Å². The van der Waals surface area contributed by atoms with Crippen molar-refractivity contribution in [2.45, 2.75) is 12.6 Å². The standard InChI is InChI=1S/C20H14N2O5S2/c23-18(12-4-1-5-13(10-12)22(26)27)16-17(15-7-3-9-29-15)21(20(25)19(16)24)11-14-6-2-8-28-14/h1-10,17,23H,11H2/b18-16-. The molecule has 29 heavy (non-hydrogen) atoms. The normalized spacial score (nSPS) is 18.3. The molecule has 1 aliphatic rings. The number of carbonyl (C=O) groups excluding carboxylic acids is 2. The molecular weight excluding hydrogens is 412 g/mol. The number of ketones is 1. The number of thiophene rings is 2. The maximum Gasteiger partial charge on any atom is 0.296 e. The summed E-state index contributed by atoms with van der Waals surface area (Å²) in [6.45, 7) is 0.233. The van der Waals surface area contributed by atoms with Gasteiger partial charge in [-0.25, -0.2) is 0 Å². The Morgan fingerprint density at radius 3 is 2.52 bits per heavy atom. The quantitative estimate of drug-likeness (QED) is 0.215. The minimum atomic E-state index is -0.802. The first kappa shape index (κ1) is 19.0. The summed E-state index contributed by atoms with van der Waals surface area (Å²) in [4.78, 5) is 39.2. The number of non-ortho nitro benzene ring substituents is 1. The third-order valence-corrected chi connectivity index (χ3v) is 6.38. The van der Waals surface area contributed by atoms with Gasteiger partial charge >= 0.3 is 0 Å². The van der Waals surface area contributed by atoms with Gasteiger partial charge in [-0.2, -0.15) is 0 Å². The molecule has 3 aromatic rings. The van der Waals surface area contributed by atoms with E-state index in [1.165, 1.54) is 51.8 Å². The Hall–Kier alpha value is -3.30. The molecule has 0 bridgehead atoms. The van der Waals surface area contributed by atoms with Gasteiger partial charge < -0.3 is 10.0 Å². The topological polar surface area (TPSA) is 101 Å². The van der Waals surface area contributed by atoms with Crippen LogP contribution in [0.4, 0.5) is 5.69 Å². The van der Waals surface area contributed by atoms with Crippen LogP contribution in [0.2, 0.25) is 0 Å². The van der Waals surface area contributed by atoms with Crippen molar-refractivity contribution >= 4 is 45.8 Å². The number of benzene rings is 1. The van der Waals surface area contributed by atoms with Crippen LogP contribution in [0.5, 0.6) is 0 Å². The van der Waals surface area contributed by atoms with Crippen molar-refractivity contribution in [1.29, 1.82) is 0 Å². The average molecular weight is 426 g/mol. The molecular formula is C20H14N2O5S2. The second-order valence-corrected chi connectivity index (χ2v) is 8.34. The molecule has 1 aromatic carbocycles. The molecule has 4 rings (SSSR count). The zero-order valence-electron chi connectivity index (χ0n) is 14.8. The number of aliphatic hydroxyl groups excluding tert-OH is 1. The van der Waals surface area contributed by atoms with E-state index in [-0.39, 0.29) is 23.4 Å². The van der Waals surface area contributed by atoms with Crippen LogP contribution < -0.4 is 0 Å². The lowest BCUT2D eigenvalue weighted by Gasteiger charge is -2.23. The van der Waals surface area contributed by atoms with E-state index in [2.05, 4.69) is 0 Å². The SMILES string of the molecule is O=C1C(=O)N(Cc2cccs2)C(c2cccs2)/C1=C(/O)c1cccc([N+](=O)[O-])c1. The van der Waals surface area contributed by atoms with Gasteiger partial charge in [-0.05, 0) is 22.9 Å². The van der Waals surface area contributed by atoms with Gasteiger partial charge in [0.05, 0.1) is 17.0 Å². The van der Waals surface area contributed by atoms with Crippen molar-refractivity contribution in [3.05, 3.63) is 90.3 Å². The molecule has 3 heterocycles. The van der Waals surface area contributed by atoms with Crippen LogP contribution in [-0.4, -0.2) is 26.6 Å². The Morgan fingerprint density at radius 1 is 1.10 bits per heavy atom.